The van der Waals surface area contributed by atoms with E-state index in [1.165, 1.54) is 12.8 Å². The van der Waals surface area contributed by atoms with Crippen molar-refractivity contribution in [1.82, 2.24) is 19.9 Å². The van der Waals surface area contributed by atoms with Crippen LogP contribution in [0.3, 0.4) is 0 Å². The Morgan fingerprint density at radius 1 is 1.26 bits per heavy atom. The number of rotatable bonds is 7. The summed E-state index contributed by atoms with van der Waals surface area (Å²) in [6.07, 6.45) is 2.66. The summed E-state index contributed by atoms with van der Waals surface area (Å²) in [5, 5.41) is 3.22. The third-order valence-electron chi connectivity index (χ3n) is 3.19. The molecule has 7 nitrogen and oxygen atoms in total. The molecule has 1 heterocycles. The molecule has 1 aromatic rings. The lowest BCUT2D eigenvalue weighted by Crippen LogP contribution is -2.31. The Kier molecular flexibility index (Phi) is 4.36. The van der Waals surface area contributed by atoms with Gasteiger partial charge in [-0.3, -0.25) is 4.90 Å². The Morgan fingerprint density at radius 2 is 2.00 bits per heavy atom. The monoisotopic (exact) mass is 265 g/mol. The molecule has 19 heavy (non-hydrogen) atoms. The van der Waals surface area contributed by atoms with Crippen LogP contribution < -0.4 is 16.0 Å². The van der Waals surface area contributed by atoms with Crippen molar-refractivity contribution in [1.29, 1.82) is 0 Å². The maximum absolute atomic E-state index is 5.67. The van der Waals surface area contributed by atoms with E-state index in [0.717, 1.165) is 25.7 Å². The van der Waals surface area contributed by atoms with E-state index in [1.807, 2.05) is 19.0 Å². The first-order valence-corrected chi connectivity index (χ1v) is 6.77. The van der Waals surface area contributed by atoms with Crippen molar-refractivity contribution in [2.45, 2.75) is 25.8 Å². The van der Waals surface area contributed by atoms with Crippen molar-refractivity contribution in [2.24, 2.45) is 0 Å². The number of nitrogens with one attached hydrogen (secondary N) is 1. The zero-order valence-corrected chi connectivity index (χ0v) is 11.9. The van der Waals surface area contributed by atoms with Crippen LogP contribution in [0.5, 0.6) is 0 Å². The van der Waals surface area contributed by atoms with Gasteiger partial charge in [0.2, 0.25) is 17.8 Å². The Labute approximate surface area is 114 Å². The van der Waals surface area contributed by atoms with Gasteiger partial charge in [0, 0.05) is 33.2 Å². The van der Waals surface area contributed by atoms with Crippen molar-refractivity contribution in [3.05, 3.63) is 0 Å². The average Bonchev–Trinajstić information content (AvgIpc) is 3.18. The maximum Gasteiger partial charge on any atom is 0.231 e. The molecule has 3 N–H and O–H groups in total. The fourth-order valence-corrected chi connectivity index (χ4v) is 2.01. The molecule has 106 valence electrons. The van der Waals surface area contributed by atoms with Gasteiger partial charge in [-0.1, -0.05) is 6.92 Å². The highest BCUT2D eigenvalue weighted by molar-refractivity contribution is 5.40. The van der Waals surface area contributed by atoms with E-state index in [0.29, 0.717) is 11.9 Å². The van der Waals surface area contributed by atoms with Crippen molar-refractivity contribution in [3.63, 3.8) is 0 Å². The summed E-state index contributed by atoms with van der Waals surface area (Å²) in [5.74, 6) is 1.36. The number of nitrogens with two attached hydrogens (primary N) is 1. The minimum Gasteiger partial charge on any atom is -0.368 e. The van der Waals surface area contributed by atoms with E-state index in [2.05, 4.69) is 32.1 Å². The van der Waals surface area contributed by atoms with Gasteiger partial charge in [0.15, 0.2) is 0 Å². The van der Waals surface area contributed by atoms with Crippen molar-refractivity contribution < 1.29 is 0 Å². The first-order chi connectivity index (χ1) is 9.10. The fourth-order valence-electron chi connectivity index (χ4n) is 2.01. The molecule has 0 aliphatic heterocycles. The first-order valence-electron chi connectivity index (χ1n) is 6.77. The van der Waals surface area contributed by atoms with E-state index in [1.54, 1.807) is 0 Å². The molecule has 0 aromatic carbocycles. The number of aromatic nitrogens is 3. The molecule has 0 atom stereocenters. The number of hydrogen-bond donors (Lipinski definition) is 2. The van der Waals surface area contributed by atoms with Crippen LogP contribution in [-0.2, 0) is 0 Å². The molecule has 0 amide bonds. The average molecular weight is 265 g/mol. The largest absolute Gasteiger partial charge is 0.368 e. The molecule has 1 saturated carbocycles. The summed E-state index contributed by atoms with van der Waals surface area (Å²) in [6.45, 7) is 5.11. The highest BCUT2D eigenvalue weighted by Gasteiger charge is 2.27. The highest BCUT2D eigenvalue weighted by atomic mass is 15.3. The topological polar surface area (TPSA) is 83.2 Å². The van der Waals surface area contributed by atoms with Gasteiger partial charge in [-0.2, -0.15) is 15.0 Å². The second-order valence-corrected chi connectivity index (χ2v) is 5.00. The molecular formula is C12H23N7. The summed E-state index contributed by atoms with van der Waals surface area (Å²) in [7, 11) is 3.76. The van der Waals surface area contributed by atoms with Crippen LogP contribution >= 0.6 is 0 Å². The molecule has 7 heteroatoms. The number of anilines is 3. The van der Waals surface area contributed by atoms with E-state index in [9.17, 15) is 0 Å². The smallest absolute Gasteiger partial charge is 0.231 e. The van der Waals surface area contributed by atoms with Crippen LogP contribution in [0.25, 0.3) is 0 Å². The quantitative estimate of drug-likeness (QED) is 0.739. The van der Waals surface area contributed by atoms with Gasteiger partial charge in [0.25, 0.3) is 0 Å². The molecule has 0 bridgehead atoms. The van der Waals surface area contributed by atoms with Gasteiger partial charge in [-0.15, -0.1) is 0 Å². The molecule has 1 aliphatic rings. The fraction of sp³-hybridized carbons (Fsp3) is 0.750. The summed E-state index contributed by atoms with van der Waals surface area (Å²) in [5.41, 5.74) is 5.67. The maximum atomic E-state index is 5.67. The number of nitrogens with zero attached hydrogens (tertiary/aromatic N) is 5. The molecule has 2 rings (SSSR count). The predicted octanol–water partition coefficient (Wildman–Crippen LogP) is 0.416. The zero-order valence-electron chi connectivity index (χ0n) is 11.9. The third-order valence-corrected chi connectivity index (χ3v) is 3.19. The first kappa shape index (κ1) is 13.8. The Hall–Kier alpha value is -1.63. The number of likely N-dealkylation sites (N-methyl/N-ethyl adjacent to an activating group) is 1. The molecule has 0 unspecified atom stereocenters. The predicted molar refractivity (Wildman–Crippen MR) is 77.3 cm³/mol. The van der Waals surface area contributed by atoms with Crippen molar-refractivity contribution in [2.75, 3.05) is 49.7 Å². The van der Waals surface area contributed by atoms with Gasteiger partial charge < -0.3 is 16.0 Å². The minimum absolute atomic E-state index is 0.246. The molecular weight excluding hydrogens is 242 g/mol. The van der Waals surface area contributed by atoms with Crippen molar-refractivity contribution >= 4 is 17.8 Å². The lowest BCUT2D eigenvalue weighted by molar-refractivity contribution is 0.289. The lowest BCUT2D eigenvalue weighted by atomic mass is 10.4. The molecule has 0 saturated heterocycles. The van der Waals surface area contributed by atoms with E-state index < -0.39 is 0 Å². The van der Waals surface area contributed by atoms with Crippen LogP contribution in [0.1, 0.15) is 19.8 Å². The zero-order chi connectivity index (χ0) is 13.8. The molecule has 1 fully saturated rings. The lowest BCUT2D eigenvalue weighted by Gasteiger charge is -2.20. The van der Waals surface area contributed by atoms with Gasteiger partial charge >= 0.3 is 0 Å². The molecule has 1 aliphatic carbocycles. The summed E-state index contributed by atoms with van der Waals surface area (Å²) in [4.78, 5) is 16.8. The van der Waals surface area contributed by atoms with E-state index >= 15 is 0 Å². The van der Waals surface area contributed by atoms with Gasteiger partial charge in [0.1, 0.15) is 0 Å². The summed E-state index contributed by atoms with van der Waals surface area (Å²) < 4.78 is 0. The molecule has 1 aromatic heterocycles. The van der Waals surface area contributed by atoms with Crippen LogP contribution in [0, 0.1) is 0 Å². The molecule has 0 spiro atoms. The SMILES string of the molecule is CCN(CCNc1nc(N)nc(N(C)C)n1)C1CC1. The number of nitrogen functional groups attached to an aromatic ring is 1. The van der Waals surface area contributed by atoms with Crippen LogP contribution in [0.15, 0.2) is 0 Å². The van der Waals surface area contributed by atoms with Crippen molar-refractivity contribution in [3.8, 4) is 0 Å². The second kappa shape index (κ2) is 6.01. The Bertz CT molecular complexity index is 417. The summed E-state index contributed by atoms with van der Waals surface area (Å²) in [6, 6.07) is 0.785. The highest BCUT2D eigenvalue weighted by Crippen LogP contribution is 2.25. The number of hydrogen-bond acceptors (Lipinski definition) is 7. The Morgan fingerprint density at radius 3 is 2.58 bits per heavy atom. The summed E-state index contributed by atoms with van der Waals surface area (Å²) >= 11 is 0. The minimum atomic E-state index is 0.246. The standard InChI is InChI=1S/C12H23N7/c1-4-19(9-5-6-9)8-7-14-11-15-10(13)16-12(17-11)18(2)3/h9H,4-8H2,1-3H3,(H3,13,14,15,16,17). The molecule has 0 radical (unpaired) electrons. The van der Waals surface area contributed by atoms with Crippen LogP contribution in [0.4, 0.5) is 17.8 Å². The van der Waals surface area contributed by atoms with Gasteiger partial charge in [-0.05, 0) is 19.4 Å². The van der Waals surface area contributed by atoms with Gasteiger partial charge in [-0.25, -0.2) is 0 Å². The normalized spacial score (nSPS) is 14.7. The van der Waals surface area contributed by atoms with Crippen LogP contribution in [-0.4, -0.2) is 59.6 Å². The third kappa shape index (κ3) is 3.92. The Balaban J connectivity index is 1.88. The van der Waals surface area contributed by atoms with E-state index in [-0.39, 0.29) is 5.95 Å². The van der Waals surface area contributed by atoms with Gasteiger partial charge in [0.05, 0.1) is 0 Å². The second-order valence-electron chi connectivity index (χ2n) is 5.00. The van der Waals surface area contributed by atoms with E-state index in [4.69, 9.17) is 5.73 Å². The van der Waals surface area contributed by atoms with Crippen LogP contribution in [0.2, 0.25) is 0 Å².